The predicted molar refractivity (Wildman–Crippen MR) is 115 cm³/mol. The van der Waals surface area contributed by atoms with E-state index < -0.39 is 34.9 Å². The molecule has 1 amide bonds. The van der Waals surface area contributed by atoms with Gasteiger partial charge in [-0.15, -0.1) is 0 Å². The normalized spacial score (nSPS) is 20.9. The number of carbonyl (C=O) groups is 1. The van der Waals surface area contributed by atoms with Crippen LogP contribution in [0.1, 0.15) is 12.0 Å². The third kappa shape index (κ3) is 6.38. The second-order valence-electron chi connectivity index (χ2n) is 7.07. The minimum absolute atomic E-state index is 0.0411. The lowest BCUT2D eigenvalue weighted by Gasteiger charge is -2.31. The minimum Gasteiger partial charge on any atom is -0.497 e. The standard InChI is InChI=1S/C22H26N2O6S/c1-29-17-8-5-9-19(12-17)31(27,28)24-20-11-10-18(30-21(20)15-25)13-22(26)23-14-16-6-3-2-4-7-16/h2-12,18,20-21,24-25H,13-15H2,1H3,(H,23,26)/t18-,20-,21-/m0/s1. The first-order chi connectivity index (χ1) is 14.9. The Labute approximate surface area is 181 Å². The zero-order chi connectivity index (χ0) is 22.3. The van der Waals surface area contributed by atoms with Crippen molar-refractivity contribution in [3.05, 3.63) is 72.3 Å². The molecule has 2 aromatic carbocycles. The molecule has 2 aromatic rings. The maximum atomic E-state index is 12.7. The molecule has 8 nitrogen and oxygen atoms in total. The van der Waals surface area contributed by atoms with Gasteiger partial charge in [0.05, 0.1) is 37.2 Å². The number of methoxy groups -OCH3 is 1. The molecule has 1 aliphatic rings. The van der Waals surface area contributed by atoms with E-state index in [4.69, 9.17) is 9.47 Å². The van der Waals surface area contributed by atoms with Crippen molar-refractivity contribution in [2.45, 2.75) is 36.1 Å². The third-order valence-electron chi connectivity index (χ3n) is 4.82. The zero-order valence-electron chi connectivity index (χ0n) is 17.1. The van der Waals surface area contributed by atoms with Crippen molar-refractivity contribution in [3.8, 4) is 5.75 Å². The molecule has 31 heavy (non-hydrogen) atoms. The van der Waals surface area contributed by atoms with Gasteiger partial charge in [0.15, 0.2) is 0 Å². The molecule has 166 valence electrons. The van der Waals surface area contributed by atoms with Crippen molar-refractivity contribution < 1.29 is 27.8 Å². The van der Waals surface area contributed by atoms with E-state index in [1.54, 1.807) is 24.3 Å². The molecule has 9 heteroatoms. The Morgan fingerprint density at radius 2 is 1.90 bits per heavy atom. The SMILES string of the molecule is COc1cccc(S(=O)(=O)N[C@H]2C=C[C@@H](CC(=O)NCc3ccccc3)O[C@H]2CO)c1. The lowest BCUT2D eigenvalue weighted by molar-refractivity contribution is -0.125. The van der Waals surface area contributed by atoms with Crippen LogP contribution in [0.5, 0.6) is 5.75 Å². The number of benzene rings is 2. The van der Waals surface area contributed by atoms with Gasteiger partial charge in [-0.1, -0.05) is 48.6 Å². The molecule has 0 aromatic heterocycles. The Balaban J connectivity index is 1.60. The number of carbonyl (C=O) groups excluding carboxylic acids is 1. The van der Waals surface area contributed by atoms with Crippen molar-refractivity contribution in [1.82, 2.24) is 10.0 Å². The van der Waals surface area contributed by atoms with Crippen LogP contribution in [0.15, 0.2) is 71.6 Å². The Hall–Kier alpha value is -2.72. The first-order valence-corrected chi connectivity index (χ1v) is 11.3. The molecular weight excluding hydrogens is 420 g/mol. The van der Waals surface area contributed by atoms with Gasteiger partial charge in [0, 0.05) is 12.6 Å². The largest absolute Gasteiger partial charge is 0.497 e. The van der Waals surface area contributed by atoms with Crippen LogP contribution >= 0.6 is 0 Å². The molecule has 0 fully saturated rings. The van der Waals surface area contributed by atoms with Crippen LogP contribution < -0.4 is 14.8 Å². The first kappa shape index (κ1) is 23.0. The van der Waals surface area contributed by atoms with Gasteiger partial charge in [-0.3, -0.25) is 4.79 Å². The third-order valence-corrected chi connectivity index (χ3v) is 6.28. The van der Waals surface area contributed by atoms with Gasteiger partial charge in [-0.25, -0.2) is 13.1 Å². The van der Waals surface area contributed by atoms with E-state index in [2.05, 4.69) is 10.0 Å². The highest BCUT2D eigenvalue weighted by Crippen LogP contribution is 2.20. The average Bonchev–Trinajstić information content (AvgIpc) is 2.79. The van der Waals surface area contributed by atoms with Crippen LogP contribution in [0.3, 0.4) is 0 Å². The van der Waals surface area contributed by atoms with Crippen molar-refractivity contribution in [2.24, 2.45) is 0 Å². The summed E-state index contributed by atoms with van der Waals surface area (Å²) >= 11 is 0. The summed E-state index contributed by atoms with van der Waals surface area (Å²) in [6.45, 7) is 0.000268. The van der Waals surface area contributed by atoms with E-state index in [0.29, 0.717) is 12.3 Å². The molecule has 0 radical (unpaired) electrons. The van der Waals surface area contributed by atoms with Gasteiger partial charge >= 0.3 is 0 Å². The fourth-order valence-electron chi connectivity index (χ4n) is 3.18. The molecule has 0 saturated heterocycles. The molecule has 3 N–H and O–H groups in total. The van der Waals surface area contributed by atoms with Gasteiger partial charge in [-0.05, 0) is 17.7 Å². The minimum atomic E-state index is -3.87. The Morgan fingerprint density at radius 1 is 1.13 bits per heavy atom. The summed E-state index contributed by atoms with van der Waals surface area (Å²) in [6, 6.07) is 14.8. The number of hydrogen-bond donors (Lipinski definition) is 3. The van der Waals surface area contributed by atoms with Gasteiger partial charge in [-0.2, -0.15) is 0 Å². The van der Waals surface area contributed by atoms with Crippen molar-refractivity contribution in [1.29, 1.82) is 0 Å². The number of sulfonamides is 1. The highest BCUT2D eigenvalue weighted by molar-refractivity contribution is 7.89. The first-order valence-electron chi connectivity index (χ1n) is 9.83. The number of aliphatic hydroxyl groups is 1. The molecular formula is C22H26N2O6S. The van der Waals surface area contributed by atoms with Gasteiger partial charge in [0.25, 0.3) is 0 Å². The van der Waals surface area contributed by atoms with Crippen LogP contribution in [0.2, 0.25) is 0 Å². The van der Waals surface area contributed by atoms with Crippen molar-refractivity contribution >= 4 is 15.9 Å². The van der Waals surface area contributed by atoms with E-state index in [1.807, 2.05) is 30.3 Å². The van der Waals surface area contributed by atoms with Crippen molar-refractivity contribution in [3.63, 3.8) is 0 Å². The molecule has 1 heterocycles. The summed E-state index contributed by atoms with van der Waals surface area (Å²) in [5.41, 5.74) is 0.983. The molecule has 0 aliphatic carbocycles. The molecule has 0 saturated carbocycles. The van der Waals surface area contributed by atoms with Gasteiger partial charge in [0.2, 0.25) is 15.9 Å². The summed E-state index contributed by atoms with van der Waals surface area (Å²) in [7, 11) is -2.41. The summed E-state index contributed by atoms with van der Waals surface area (Å²) in [5, 5.41) is 12.5. The quantitative estimate of drug-likeness (QED) is 0.502. The predicted octanol–water partition coefficient (Wildman–Crippen LogP) is 1.36. The summed E-state index contributed by atoms with van der Waals surface area (Å²) in [6.07, 6.45) is 1.92. The van der Waals surface area contributed by atoms with Crippen LogP contribution in [0.25, 0.3) is 0 Å². The number of rotatable bonds is 9. The molecule has 0 unspecified atom stereocenters. The van der Waals surface area contributed by atoms with Crippen LogP contribution in [-0.4, -0.2) is 51.4 Å². The fourth-order valence-corrected chi connectivity index (χ4v) is 4.43. The van der Waals surface area contributed by atoms with Crippen molar-refractivity contribution in [2.75, 3.05) is 13.7 Å². The number of hydrogen-bond acceptors (Lipinski definition) is 6. The highest BCUT2D eigenvalue weighted by Gasteiger charge is 2.31. The van der Waals surface area contributed by atoms with Crippen LogP contribution in [0, 0.1) is 0 Å². The monoisotopic (exact) mass is 446 g/mol. The second kappa shape index (κ2) is 10.5. The fraction of sp³-hybridized carbons (Fsp3) is 0.318. The molecule has 0 spiro atoms. The van der Waals surface area contributed by atoms with E-state index in [0.717, 1.165) is 5.56 Å². The Bertz CT molecular complexity index is 1010. The molecule has 3 atom stereocenters. The zero-order valence-corrected chi connectivity index (χ0v) is 17.9. The van der Waals surface area contributed by atoms with E-state index in [9.17, 15) is 18.3 Å². The number of nitrogens with one attached hydrogen (secondary N) is 2. The Kier molecular flexibility index (Phi) is 7.80. The van der Waals surface area contributed by atoms with Gasteiger partial charge < -0.3 is 19.9 Å². The van der Waals surface area contributed by atoms with E-state index in [-0.39, 0.29) is 17.2 Å². The second-order valence-corrected chi connectivity index (χ2v) is 8.79. The van der Waals surface area contributed by atoms with Gasteiger partial charge in [0.1, 0.15) is 11.9 Å². The average molecular weight is 447 g/mol. The topological polar surface area (TPSA) is 114 Å². The van der Waals surface area contributed by atoms with E-state index in [1.165, 1.54) is 19.2 Å². The number of ether oxygens (including phenoxy) is 2. The lowest BCUT2D eigenvalue weighted by atomic mass is 10.1. The summed E-state index contributed by atoms with van der Waals surface area (Å²) in [5.74, 6) is 0.212. The van der Waals surface area contributed by atoms with Crippen LogP contribution in [-0.2, 0) is 26.1 Å². The van der Waals surface area contributed by atoms with Crippen LogP contribution in [0.4, 0.5) is 0 Å². The maximum absolute atomic E-state index is 12.7. The number of amides is 1. The molecule has 0 bridgehead atoms. The molecule has 1 aliphatic heterocycles. The maximum Gasteiger partial charge on any atom is 0.241 e. The summed E-state index contributed by atoms with van der Waals surface area (Å²) in [4.78, 5) is 12.3. The number of aliphatic hydroxyl groups excluding tert-OH is 1. The lowest BCUT2D eigenvalue weighted by Crippen LogP contribution is -2.49. The molecule has 3 rings (SSSR count). The highest BCUT2D eigenvalue weighted by atomic mass is 32.2. The van der Waals surface area contributed by atoms with E-state index >= 15 is 0 Å². The smallest absolute Gasteiger partial charge is 0.241 e. The summed E-state index contributed by atoms with van der Waals surface area (Å²) < 4.78 is 38.8. The Morgan fingerprint density at radius 3 is 2.61 bits per heavy atom.